The number of aromatic amines is 1. The lowest BCUT2D eigenvalue weighted by atomic mass is 10.2. The first-order valence-corrected chi connectivity index (χ1v) is 12.3. The molecule has 0 saturated heterocycles. The molecule has 4 rings (SSSR count). The minimum absolute atomic E-state index is 0.0546. The maximum absolute atomic E-state index is 13.2. The Hall–Kier alpha value is -1.98. The van der Waals surface area contributed by atoms with Crippen LogP contribution in [0.4, 0.5) is 5.69 Å². The first-order valence-electron chi connectivity index (χ1n) is 9.55. The second-order valence-electron chi connectivity index (χ2n) is 7.13. The summed E-state index contributed by atoms with van der Waals surface area (Å²) in [5.41, 5.74) is 2.79. The number of H-pyrrole nitrogens is 1. The number of anilines is 1. The lowest BCUT2D eigenvalue weighted by Crippen LogP contribution is -2.28. The molecule has 1 aliphatic rings. The van der Waals surface area contributed by atoms with Crippen LogP contribution in [0.1, 0.15) is 11.3 Å². The molecule has 164 valence electrons. The van der Waals surface area contributed by atoms with Gasteiger partial charge in [0.1, 0.15) is 5.04 Å². The number of nitrogens with one attached hydrogen (secondary N) is 1. The number of benzene rings is 2. The van der Waals surface area contributed by atoms with Crippen LogP contribution in [0.25, 0.3) is 10.9 Å². The Balaban J connectivity index is 1.67. The van der Waals surface area contributed by atoms with E-state index in [1.807, 2.05) is 31.2 Å². The van der Waals surface area contributed by atoms with Gasteiger partial charge in [-0.25, -0.2) is 12.1 Å². The van der Waals surface area contributed by atoms with Crippen LogP contribution in [0.5, 0.6) is 0 Å². The van der Waals surface area contributed by atoms with Gasteiger partial charge in [0.15, 0.2) is 6.29 Å². The molecule has 31 heavy (non-hydrogen) atoms. The molecule has 0 radical (unpaired) electrons. The van der Waals surface area contributed by atoms with Crippen LogP contribution in [-0.2, 0) is 19.5 Å². The summed E-state index contributed by atoms with van der Waals surface area (Å²) in [6.07, 6.45) is -0.349. The zero-order chi connectivity index (χ0) is 22.2. The van der Waals surface area contributed by atoms with E-state index in [1.165, 1.54) is 0 Å². The van der Waals surface area contributed by atoms with Crippen LogP contribution < -0.4 is 3.71 Å². The molecule has 0 aliphatic carbocycles. The van der Waals surface area contributed by atoms with Gasteiger partial charge in [0.2, 0.25) is 0 Å². The van der Waals surface area contributed by atoms with Crippen LogP contribution in [0.2, 0.25) is 0 Å². The molecule has 2 aromatic carbocycles. The van der Waals surface area contributed by atoms with Gasteiger partial charge in [-0.05, 0) is 49.6 Å². The Morgan fingerprint density at radius 2 is 1.94 bits per heavy atom. The van der Waals surface area contributed by atoms with Crippen molar-refractivity contribution in [1.29, 1.82) is 0 Å². The highest BCUT2D eigenvalue weighted by Crippen LogP contribution is 2.35. The molecular formula is C21H23N3O4S3. The quantitative estimate of drug-likeness (QED) is 0.397. The average Bonchev–Trinajstić information content (AvgIpc) is 3.41. The number of sulfonamides is 1. The monoisotopic (exact) mass is 477 g/mol. The second-order valence-corrected chi connectivity index (χ2v) is 10.8. The number of thiol groups is 1. The molecule has 2 heterocycles. The zero-order valence-electron chi connectivity index (χ0n) is 17.3. The Morgan fingerprint density at radius 3 is 2.65 bits per heavy atom. The zero-order valence-corrected chi connectivity index (χ0v) is 19.8. The van der Waals surface area contributed by atoms with E-state index in [0.29, 0.717) is 17.7 Å². The predicted octanol–water partition coefficient (Wildman–Crippen LogP) is 4.00. The van der Waals surface area contributed by atoms with Crippen molar-refractivity contribution in [2.24, 2.45) is 4.99 Å². The van der Waals surface area contributed by atoms with Gasteiger partial charge >= 0.3 is 0 Å². The molecule has 1 aliphatic heterocycles. The summed E-state index contributed by atoms with van der Waals surface area (Å²) in [5, 5.41) is 1.75. The molecule has 1 unspecified atom stereocenters. The number of nitrogens with zero attached hydrogens (tertiary/aromatic N) is 2. The van der Waals surface area contributed by atoms with Crippen molar-refractivity contribution in [2.75, 3.05) is 24.5 Å². The average molecular weight is 478 g/mol. The smallest absolute Gasteiger partial charge is 0.273 e. The Morgan fingerprint density at radius 1 is 1.19 bits per heavy atom. The van der Waals surface area contributed by atoms with Gasteiger partial charge in [0, 0.05) is 19.6 Å². The summed E-state index contributed by atoms with van der Waals surface area (Å²) in [5.74, 6) is 0. The topological polar surface area (TPSA) is 84.0 Å². The van der Waals surface area contributed by atoms with E-state index in [2.05, 4.69) is 22.8 Å². The lowest BCUT2D eigenvalue weighted by molar-refractivity contribution is -0.0994. The van der Waals surface area contributed by atoms with E-state index in [4.69, 9.17) is 9.47 Å². The van der Waals surface area contributed by atoms with Crippen LogP contribution in [0, 0.1) is 6.92 Å². The maximum Gasteiger partial charge on any atom is 0.273 e. The summed E-state index contributed by atoms with van der Waals surface area (Å²) in [4.78, 5) is 8.14. The minimum Gasteiger partial charge on any atom is -0.355 e. The number of ether oxygens (including phenoxy) is 2. The lowest BCUT2D eigenvalue weighted by Gasteiger charge is -2.19. The Bertz CT molecular complexity index is 1240. The van der Waals surface area contributed by atoms with E-state index in [1.54, 1.807) is 50.2 Å². The van der Waals surface area contributed by atoms with Crippen molar-refractivity contribution in [3.05, 3.63) is 59.8 Å². The number of hydrogen-bond acceptors (Lipinski definition) is 7. The SMILES string of the molecule is COC(OC)C1CN=C(c2cc3cccc(N(S)S(=O)(=O)c4cccc(C)c4)c3[nH]2)S1. The highest BCUT2D eigenvalue weighted by molar-refractivity contribution is 8.15. The third-order valence-corrected chi connectivity index (χ3v) is 8.64. The molecule has 1 N–H and O–H groups in total. The van der Waals surface area contributed by atoms with Crippen LogP contribution in [-0.4, -0.2) is 50.7 Å². The van der Waals surface area contributed by atoms with Gasteiger partial charge in [-0.2, -0.15) is 0 Å². The summed E-state index contributed by atoms with van der Waals surface area (Å²) in [6.45, 7) is 2.43. The molecule has 0 amide bonds. The maximum atomic E-state index is 13.2. The largest absolute Gasteiger partial charge is 0.355 e. The van der Waals surface area contributed by atoms with Crippen molar-refractivity contribution in [1.82, 2.24) is 4.98 Å². The second kappa shape index (κ2) is 8.87. The minimum atomic E-state index is -3.83. The third kappa shape index (κ3) is 4.22. The normalized spacial score (nSPS) is 16.8. The molecule has 7 nitrogen and oxygen atoms in total. The van der Waals surface area contributed by atoms with Crippen molar-refractivity contribution in [3.63, 3.8) is 0 Å². The number of aromatic nitrogens is 1. The van der Waals surface area contributed by atoms with Gasteiger partial charge in [0.25, 0.3) is 10.0 Å². The van der Waals surface area contributed by atoms with Crippen molar-refractivity contribution in [2.45, 2.75) is 23.4 Å². The van der Waals surface area contributed by atoms with Gasteiger partial charge in [-0.1, -0.05) is 36.0 Å². The fourth-order valence-electron chi connectivity index (χ4n) is 3.50. The standard InChI is InChI=1S/C21H23N3O4S3/c1-13-6-4-8-15(10-13)31(25,26)24(29)17-9-5-7-14-11-16(23-19(14)17)20-22-12-18(30-20)21(27-2)28-3/h4-11,18,21,23,29H,12H2,1-3H3. The first-order chi connectivity index (χ1) is 14.8. The number of aryl methyl sites for hydroxylation is 1. The van der Waals surface area contributed by atoms with Crippen molar-refractivity contribution in [3.8, 4) is 0 Å². The molecule has 0 spiro atoms. The van der Waals surface area contributed by atoms with E-state index in [0.717, 1.165) is 25.4 Å². The van der Waals surface area contributed by atoms with Crippen molar-refractivity contribution < 1.29 is 17.9 Å². The molecule has 3 aromatic rings. The first kappa shape index (κ1) is 22.2. The van der Waals surface area contributed by atoms with Crippen LogP contribution >= 0.6 is 24.6 Å². The van der Waals surface area contributed by atoms with E-state index >= 15 is 0 Å². The molecule has 0 bridgehead atoms. The number of rotatable bonds is 7. The van der Waals surface area contributed by atoms with E-state index in [9.17, 15) is 8.42 Å². The van der Waals surface area contributed by atoms with E-state index < -0.39 is 10.0 Å². The number of fused-ring (bicyclic) bond motifs is 1. The molecular weight excluding hydrogens is 454 g/mol. The molecule has 10 heteroatoms. The van der Waals surface area contributed by atoms with Crippen LogP contribution in [0.3, 0.4) is 0 Å². The summed E-state index contributed by atoms with van der Waals surface area (Å²) in [6, 6.07) is 14.2. The summed E-state index contributed by atoms with van der Waals surface area (Å²) < 4.78 is 38.0. The Kier molecular flexibility index (Phi) is 6.36. The van der Waals surface area contributed by atoms with E-state index in [-0.39, 0.29) is 16.4 Å². The third-order valence-electron chi connectivity index (χ3n) is 5.03. The number of para-hydroxylation sites is 1. The number of thioether (sulfide) groups is 1. The summed E-state index contributed by atoms with van der Waals surface area (Å²) in [7, 11) is -0.616. The Labute approximate surface area is 191 Å². The summed E-state index contributed by atoms with van der Waals surface area (Å²) >= 11 is 5.94. The van der Waals surface area contributed by atoms with Gasteiger partial charge < -0.3 is 14.5 Å². The number of methoxy groups -OCH3 is 2. The highest BCUT2D eigenvalue weighted by atomic mass is 32.3. The fourth-order valence-corrected chi connectivity index (χ4v) is 6.30. The number of hydrogen-bond donors (Lipinski definition) is 2. The number of aliphatic imine (C=N–C) groups is 1. The van der Waals surface area contributed by atoms with Crippen molar-refractivity contribution >= 4 is 56.2 Å². The predicted molar refractivity (Wildman–Crippen MR) is 129 cm³/mol. The van der Waals surface area contributed by atoms with Gasteiger partial charge in [-0.15, -0.1) is 0 Å². The van der Waals surface area contributed by atoms with Gasteiger partial charge in [-0.3, -0.25) is 4.99 Å². The van der Waals surface area contributed by atoms with Crippen LogP contribution in [0.15, 0.2) is 58.4 Å². The fraction of sp³-hybridized carbons (Fsp3) is 0.286. The molecule has 1 atom stereocenters. The molecule has 0 saturated carbocycles. The molecule has 1 aromatic heterocycles. The molecule has 0 fully saturated rings. The highest BCUT2D eigenvalue weighted by Gasteiger charge is 2.30. The van der Waals surface area contributed by atoms with Gasteiger partial charge in [0.05, 0.1) is 33.6 Å².